The highest BCUT2D eigenvalue weighted by molar-refractivity contribution is 7.91. The summed E-state index contributed by atoms with van der Waals surface area (Å²) in [6.45, 7) is 0.843. The Balaban J connectivity index is 1.55. The average molecular weight is 393 g/mol. The number of halogens is 1. The lowest BCUT2D eigenvalue weighted by atomic mass is 10.1. The molecule has 1 saturated heterocycles. The highest BCUT2D eigenvalue weighted by Crippen LogP contribution is 2.22. The molecule has 5 nitrogen and oxygen atoms in total. The minimum absolute atomic E-state index is 0.0488. The number of sulfone groups is 1. The fraction of sp³-hybridized carbons (Fsp3) is 0.316. The predicted octanol–water partition coefficient (Wildman–Crippen LogP) is 3.95. The van der Waals surface area contributed by atoms with Gasteiger partial charge in [0.1, 0.15) is 0 Å². The number of urea groups is 1. The van der Waals surface area contributed by atoms with Crippen LogP contribution in [0.5, 0.6) is 0 Å². The van der Waals surface area contributed by atoms with E-state index in [0.717, 1.165) is 5.56 Å². The van der Waals surface area contributed by atoms with Crippen molar-refractivity contribution in [3.05, 3.63) is 65.2 Å². The van der Waals surface area contributed by atoms with Crippen molar-refractivity contribution in [3.8, 4) is 0 Å². The number of hydrogen-bond acceptors (Lipinski definition) is 3. The van der Waals surface area contributed by atoms with Crippen LogP contribution in [0.15, 0.2) is 54.6 Å². The van der Waals surface area contributed by atoms with Crippen LogP contribution in [0.4, 0.5) is 10.5 Å². The number of anilines is 1. The lowest BCUT2D eigenvalue weighted by molar-refractivity contribution is 0.200. The van der Waals surface area contributed by atoms with E-state index in [4.69, 9.17) is 11.6 Å². The molecular weight excluding hydrogens is 372 g/mol. The summed E-state index contributed by atoms with van der Waals surface area (Å²) < 4.78 is 25.3. The molecule has 2 amide bonds. The fourth-order valence-corrected chi connectivity index (χ4v) is 5.12. The van der Waals surface area contributed by atoms with Gasteiger partial charge in [0.15, 0.2) is 9.84 Å². The summed E-state index contributed by atoms with van der Waals surface area (Å²) in [5, 5.41) is 2.94. The number of likely N-dealkylation sites (tertiary alicyclic amines) is 1. The van der Waals surface area contributed by atoms with Crippen LogP contribution in [0.2, 0.25) is 5.02 Å². The van der Waals surface area contributed by atoms with Gasteiger partial charge in [0, 0.05) is 23.8 Å². The van der Waals surface area contributed by atoms with E-state index in [2.05, 4.69) is 5.32 Å². The second-order valence-corrected chi connectivity index (χ2v) is 9.14. The van der Waals surface area contributed by atoms with E-state index < -0.39 is 15.1 Å². The number of rotatable bonds is 4. The van der Waals surface area contributed by atoms with Gasteiger partial charge < -0.3 is 10.2 Å². The first-order chi connectivity index (χ1) is 12.4. The lowest BCUT2D eigenvalue weighted by Crippen LogP contribution is -2.44. The molecule has 3 rings (SSSR count). The van der Waals surface area contributed by atoms with E-state index in [1.807, 2.05) is 30.3 Å². The average Bonchev–Trinajstić information content (AvgIpc) is 2.62. The zero-order chi connectivity index (χ0) is 18.6. The van der Waals surface area contributed by atoms with Crippen molar-refractivity contribution in [2.24, 2.45) is 0 Å². The molecule has 1 aliphatic heterocycles. The van der Waals surface area contributed by atoms with Gasteiger partial charge in [-0.15, -0.1) is 0 Å². The van der Waals surface area contributed by atoms with Gasteiger partial charge in [-0.2, -0.15) is 0 Å². The van der Waals surface area contributed by atoms with Crippen LogP contribution >= 0.6 is 11.6 Å². The van der Waals surface area contributed by atoms with Gasteiger partial charge in [0.05, 0.1) is 11.0 Å². The van der Waals surface area contributed by atoms with E-state index >= 15 is 0 Å². The summed E-state index contributed by atoms with van der Waals surface area (Å²) in [6, 6.07) is 15.9. The minimum atomic E-state index is -3.23. The summed E-state index contributed by atoms with van der Waals surface area (Å²) in [5.74, 6) is 0.0488. The molecule has 0 unspecified atom stereocenters. The first-order valence-corrected chi connectivity index (χ1v) is 10.6. The number of piperidine rings is 1. The highest BCUT2D eigenvalue weighted by Gasteiger charge is 2.31. The predicted molar refractivity (Wildman–Crippen MR) is 104 cm³/mol. The third kappa shape index (κ3) is 4.77. The second kappa shape index (κ2) is 8.10. The monoisotopic (exact) mass is 392 g/mol. The number of carbonyl (C=O) groups excluding carboxylic acids is 1. The SMILES string of the molecule is O=C(Nc1cccc(Cl)c1)N1CCC(S(=O)(=O)Cc2ccccc2)CC1. The van der Waals surface area contributed by atoms with Crippen LogP contribution in [-0.4, -0.2) is 37.7 Å². The van der Waals surface area contributed by atoms with Gasteiger partial charge >= 0.3 is 6.03 Å². The molecule has 0 saturated carbocycles. The quantitative estimate of drug-likeness (QED) is 0.856. The number of nitrogens with one attached hydrogen (secondary N) is 1. The van der Waals surface area contributed by atoms with Gasteiger partial charge in [0.25, 0.3) is 0 Å². The Hall–Kier alpha value is -2.05. The molecule has 0 aliphatic carbocycles. The van der Waals surface area contributed by atoms with Crippen molar-refractivity contribution in [1.29, 1.82) is 0 Å². The van der Waals surface area contributed by atoms with E-state index in [1.54, 1.807) is 29.2 Å². The van der Waals surface area contributed by atoms with Crippen LogP contribution < -0.4 is 5.32 Å². The highest BCUT2D eigenvalue weighted by atomic mass is 35.5. The molecule has 1 N–H and O–H groups in total. The van der Waals surface area contributed by atoms with Gasteiger partial charge in [-0.25, -0.2) is 13.2 Å². The maximum Gasteiger partial charge on any atom is 0.321 e. The smallest absolute Gasteiger partial charge is 0.321 e. The van der Waals surface area contributed by atoms with Crippen molar-refractivity contribution >= 4 is 33.2 Å². The number of carbonyl (C=O) groups is 1. The standard InChI is InChI=1S/C19H21ClN2O3S/c20-16-7-4-8-17(13-16)21-19(23)22-11-9-18(10-12-22)26(24,25)14-15-5-2-1-3-6-15/h1-8,13,18H,9-12,14H2,(H,21,23). The third-order valence-electron chi connectivity index (χ3n) is 4.52. The number of hydrogen-bond donors (Lipinski definition) is 1. The Morgan fingerprint density at radius 3 is 2.42 bits per heavy atom. The Bertz CT molecular complexity index is 863. The number of amides is 2. The lowest BCUT2D eigenvalue weighted by Gasteiger charge is -2.31. The Kier molecular flexibility index (Phi) is 5.84. The topological polar surface area (TPSA) is 66.5 Å². The van der Waals surface area contributed by atoms with Gasteiger partial charge in [-0.3, -0.25) is 0 Å². The van der Waals surface area contributed by atoms with Crippen molar-refractivity contribution in [1.82, 2.24) is 4.90 Å². The molecule has 1 heterocycles. The summed E-state index contributed by atoms with van der Waals surface area (Å²) in [5.41, 5.74) is 1.43. The Labute approximate surface area is 158 Å². The Morgan fingerprint density at radius 1 is 1.08 bits per heavy atom. The molecule has 0 atom stereocenters. The molecular formula is C19H21ClN2O3S. The fourth-order valence-electron chi connectivity index (χ4n) is 3.11. The molecule has 0 spiro atoms. The minimum Gasteiger partial charge on any atom is -0.324 e. The molecule has 1 aliphatic rings. The zero-order valence-corrected chi connectivity index (χ0v) is 15.8. The summed E-state index contributed by atoms with van der Waals surface area (Å²) >= 11 is 5.92. The largest absolute Gasteiger partial charge is 0.324 e. The second-order valence-electron chi connectivity index (χ2n) is 6.42. The Morgan fingerprint density at radius 2 is 1.77 bits per heavy atom. The molecule has 0 aromatic heterocycles. The van der Waals surface area contributed by atoms with Crippen LogP contribution in [0.25, 0.3) is 0 Å². The zero-order valence-electron chi connectivity index (χ0n) is 14.3. The molecule has 1 fully saturated rings. The third-order valence-corrected chi connectivity index (χ3v) is 6.98. The van der Waals surface area contributed by atoms with Crippen LogP contribution in [0, 0.1) is 0 Å². The van der Waals surface area contributed by atoms with Crippen LogP contribution in [0.1, 0.15) is 18.4 Å². The van der Waals surface area contributed by atoms with E-state index in [-0.39, 0.29) is 11.8 Å². The summed E-state index contributed by atoms with van der Waals surface area (Å²) in [6.07, 6.45) is 0.913. The number of benzene rings is 2. The first-order valence-electron chi connectivity index (χ1n) is 8.51. The molecule has 26 heavy (non-hydrogen) atoms. The van der Waals surface area contributed by atoms with Crippen LogP contribution in [0.3, 0.4) is 0 Å². The maximum atomic E-state index is 12.6. The molecule has 2 aromatic carbocycles. The molecule has 2 aromatic rings. The summed E-state index contributed by atoms with van der Waals surface area (Å²) in [4.78, 5) is 14.0. The van der Waals surface area contributed by atoms with Crippen molar-refractivity contribution in [2.75, 3.05) is 18.4 Å². The first kappa shape index (κ1) is 18.7. The van der Waals surface area contributed by atoms with E-state index in [0.29, 0.717) is 36.6 Å². The summed E-state index contributed by atoms with van der Waals surface area (Å²) in [7, 11) is -3.23. The molecule has 138 valence electrons. The van der Waals surface area contributed by atoms with Crippen molar-refractivity contribution < 1.29 is 13.2 Å². The van der Waals surface area contributed by atoms with Crippen molar-refractivity contribution in [3.63, 3.8) is 0 Å². The molecule has 0 radical (unpaired) electrons. The van der Waals surface area contributed by atoms with Gasteiger partial charge in [-0.05, 0) is 36.6 Å². The maximum absolute atomic E-state index is 12.6. The van der Waals surface area contributed by atoms with Crippen LogP contribution in [-0.2, 0) is 15.6 Å². The molecule has 7 heteroatoms. The van der Waals surface area contributed by atoms with Gasteiger partial charge in [-0.1, -0.05) is 48.0 Å². The molecule has 0 bridgehead atoms. The number of nitrogens with zero attached hydrogens (tertiary/aromatic N) is 1. The van der Waals surface area contributed by atoms with Gasteiger partial charge in [0.2, 0.25) is 0 Å². The van der Waals surface area contributed by atoms with Crippen molar-refractivity contribution in [2.45, 2.75) is 23.8 Å². The van der Waals surface area contributed by atoms with E-state index in [1.165, 1.54) is 0 Å². The normalized spacial score (nSPS) is 15.7. The van der Waals surface area contributed by atoms with E-state index in [9.17, 15) is 13.2 Å².